The van der Waals surface area contributed by atoms with E-state index in [4.69, 9.17) is 4.74 Å². The first-order chi connectivity index (χ1) is 10.3. The van der Waals surface area contributed by atoms with Crippen LogP contribution in [0.15, 0.2) is 53.0 Å². The molecule has 1 unspecified atom stereocenters. The lowest BCUT2D eigenvalue weighted by atomic mass is 10.0. The number of nitrogens with one attached hydrogen (secondary N) is 1. The molecule has 0 radical (unpaired) electrons. The molecule has 3 rings (SSSR count). The molecule has 4 heteroatoms. The minimum atomic E-state index is 0.376. The highest BCUT2D eigenvalue weighted by atomic mass is 79.9. The molecule has 1 aliphatic rings. The van der Waals surface area contributed by atoms with E-state index in [0.717, 1.165) is 29.9 Å². The Morgan fingerprint density at radius 2 is 2.00 bits per heavy atom. The van der Waals surface area contributed by atoms with Crippen molar-refractivity contribution in [1.29, 1.82) is 0 Å². The van der Waals surface area contributed by atoms with E-state index >= 15 is 0 Å². The normalized spacial score (nSPS) is 18.6. The summed E-state index contributed by atoms with van der Waals surface area (Å²) in [4.78, 5) is 2.42. The van der Waals surface area contributed by atoms with Gasteiger partial charge in [-0.05, 0) is 39.7 Å². The second-order valence-electron chi connectivity index (χ2n) is 5.18. The van der Waals surface area contributed by atoms with Gasteiger partial charge in [0.2, 0.25) is 0 Å². The zero-order chi connectivity index (χ0) is 14.7. The van der Waals surface area contributed by atoms with Crippen molar-refractivity contribution in [2.24, 2.45) is 0 Å². The number of piperazine rings is 1. The maximum atomic E-state index is 5.30. The second-order valence-corrected chi connectivity index (χ2v) is 6.04. The Labute approximate surface area is 134 Å². The second kappa shape index (κ2) is 6.50. The topological polar surface area (TPSA) is 24.5 Å². The quantitative estimate of drug-likeness (QED) is 0.918. The summed E-state index contributed by atoms with van der Waals surface area (Å²) < 4.78 is 6.30. The van der Waals surface area contributed by atoms with Crippen LogP contribution in [-0.2, 0) is 0 Å². The van der Waals surface area contributed by atoms with Gasteiger partial charge < -0.3 is 15.0 Å². The highest BCUT2D eigenvalue weighted by molar-refractivity contribution is 9.10. The number of rotatable bonds is 3. The van der Waals surface area contributed by atoms with Gasteiger partial charge in [-0.1, -0.05) is 30.3 Å². The molecule has 1 fully saturated rings. The number of hydrogen-bond acceptors (Lipinski definition) is 3. The molecule has 2 aromatic rings. The van der Waals surface area contributed by atoms with E-state index in [1.165, 1.54) is 11.3 Å². The van der Waals surface area contributed by atoms with Crippen LogP contribution in [0.3, 0.4) is 0 Å². The van der Waals surface area contributed by atoms with Gasteiger partial charge in [-0.15, -0.1) is 0 Å². The summed E-state index contributed by atoms with van der Waals surface area (Å²) in [6.07, 6.45) is 0. The maximum Gasteiger partial charge on any atom is 0.133 e. The Morgan fingerprint density at radius 3 is 2.71 bits per heavy atom. The Kier molecular flexibility index (Phi) is 4.46. The fraction of sp³-hybridized carbons (Fsp3) is 0.294. The Balaban J connectivity index is 1.78. The number of anilines is 1. The third-order valence-corrected chi connectivity index (χ3v) is 4.50. The number of nitrogens with zero attached hydrogens (tertiary/aromatic N) is 1. The largest absolute Gasteiger partial charge is 0.496 e. The van der Waals surface area contributed by atoms with Crippen LogP contribution >= 0.6 is 15.9 Å². The molecule has 1 N–H and O–H groups in total. The van der Waals surface area contributed by atoms with E-state index in [-0.39, 0.29) is 0 Å². The van der Waals surface area contributed by atoms with E-state index in [1.54, 1.807) is 7.11 Å². The molecule has 110 valence electrons. The Bertz CT molecular complexity index is 603. The van der Waals surface area contributed by atoms with Crippen molar-refractivity contribution < 1.29 is 4.74 Å². The van der Waals surface area contributed by atoms with Gasteiger partial charge in [0.25, 0.3) is 0 Å². The minimum Gasteiger partial charge on any atom is -0.496 e. The smallest absolute Gasteiger partial charge is 0.133 e. The van der Waals surface area contributed by atoms with Crippen LogP contribution in [0.1, 0.15) is 11.6 Å². The molecule has 1 aliphatic heterocycles. The highest BCUT2D eigenvalue weighted by Crippen LogP contribution is 2.31. The van der Waals surface area contributed by atoms with Gasteiger partial charge in [-0.3, -0.25) is 0 Å². The van der Waals surface area contributed by atoms with Crippen LogP contribution < -0.4 is 15.0 Å². The lowest BCUT2D eigenvalue weighted by Crippen LogP contribution is -2.45. The van der Waals surface area contributed by atoms with Crippen LogP contribution in [0.5, 0.6) is 5.75 Å². The predicted octanol–water partition coefficient (Wildman–Crippen LogP) is 3.61. The molecule has 1 saturated heterocycles. The molecule has 3 nitrogen and oxygen atoms in total. The fourth-order valence-electron chi connectivity index (χ4n) is 2.75. The van der Waals surface area contributed by atoms with Crippen LogP contribution in [0.25, 0.3) is 0 Å². The molecule has 1 heterocycles. The van der Waals surface area contributed by atoms with Crippen molar-refractivity contribution >= 4 is 21.6 Å². The molecule has 0 bridgehead atoms. The first-order valence-corrected chi connectivity index (χ1v) is 7.94. The van der Waals surface area contributed by atoms with E-state index in [2.05, 4.69) is 68.6 Å². The molecular weight excluding hydrogens is 328 g/mol. The van der Waals surface area contributed by atoms with Gasteiger partial charge >= 0.3 is 0 Å². The molecule has 21 heavy (non-hydrogen) atoms. The first kappa shape index (κ1) is 14.4. The average molecular weight is 347 g/mol. The van der Waals surface area contributed by atoms with Gasteiger partial charge in [0.05, 0.1) is 11.6 Å². The van der Waals surface area contributed by atoms with Crippen molar-refractivity contribution in [3.05, 3.63) is 58.6 Å². The predicted molar refractivity (Wildman–Crippen MR) is 90.1 cm³/mol. The third-order valence-electron chi connectivity index (χ3n) is 3.88. The Hall–Kier alpha value is -1.52. The highest BCUT2D eigenvalue weighted by Gasteiger charge is 2.21. The van der Waals surface area contributed by atoms with Crippen LogP contribution in [0.4, 0.5) is 5.69 Å². The van der Waals surface area contributed by atoms with Crippen LogP contribution in [0.2, 0.25) is 0 Å². The summed E-state index contributed by atoms with van der Waals surface area (Å²) in [5, 5.41) is 3.59. The number of ether oxygens (including phenoxy) is 1. The minimum absolute atomic E-state index is 0.376. The average Bonchev–Trinajstić information content (AvgIpc) is 2.56. The van der Waals surface area contributed by atoms with Crippen molar-refractivity contribution in [2.75, 3.05) is 31.6 Å². The third kappa shape index (κ3) is 3.22. The maximum absolute atomic E-state index is 5.30. The summed E-state index contributed by atoms with van der Waals surface area (Å²) >= 11 is 3.57. The lowest BCUT2D eigenvalue weighted by molar-refractivity contribution is 0.412. The number of hydrogen-bond donors (Lipinski definition) is 1. The van der Waals surface area contributed by atoms with Crippen molar-refractivity contribution in [3.8, 4) is 5.75 Å². The summed E-state index contributed by atoms with van der Waals surface area (Å²) in [5.74, 6) is 0.869. The van der Waals surface area contributed by atoms with Gasteiger partial charge in [0.1, 0.15) is 5.75 Å². The van der Waals surface area contributed by atoms with Crippen LogP contribution in [0, 0.1) is 0 Å². The van der Waals surface area contributed by atoms with Crippen molar-refractivity contribution in [3.63, 3.8) is 0 Å². The molecule has 2 aromatic carbocycles. The lowest BCUT2D eigenvalue weighted by Gasteiger charge is -2.35. The van der Waals surface area contributed by atoms with Gasteiger partial charge in [-0.2, -0.15) is 0 Å². The fourth-order valence-corrected chi connectivity index (χ4v) is 3.27. The molecule has 0 aliphatic carbocycles. The summed E-state index contributed by atoms with van der Waals surface area (Å²) in [6, 6.07) is 17.3. The number of halogens is 1. The SMILES string of the molecule is COc1ccc(N2CCNC(c3ccccc3)C2)cc1Br. The summed E-state index contributed by atoms with van der Waals surface area (Å²) in [6.45, 7) is 2.98. The van der Waals surface area contributed by atoms with Gasteiger partial charge in [-0.25, -0.2) is 0 Å². The van der Waals surface area contributed by atoms with Crippen molar-refractivity contribution in [1.82, 2.24) is 5.32 Å². The number of benzene rings is 2. The molecule has 0 aromatic heterocycles. The van der Waals surface area contributed by atoms with Crippen LogP contribution in [-0.4, -0.2) is 26.7 Å². The zero-order valence-electron chi connectivity index (χ0n) is 12.1. The van der Waals surface area contributed by atoms with E-state index in [1.807, 2.05) is 6.07 Å². The number of methoxy groups -OCH3 is 1. The van der Waals surface area contributed by atoms with E-state index in [0.29, 0.717) is 6.04 Å². The summed E-state index contributed by atoms with van der Waals surface area (Å²) in [7, 11) is 1.69. The molecular formula is C17H19BrN2O. The molecule has 1 atom stereocenters. The molecule has 0 amide bonds. The zero-order valence-corrected chi connectivity index (χ0v) is 13.6. The van der Waals surface area contributed by atoms with Gasteiger partial charge in [0.15, 0.2) is 0 Å². The Morgan fingerprint density at radius 1 is 1.19 bits per heavy atom. The monoisotopic (exact) mass is 346 g/mol. The van der Waals surface area contributed by atoms with E-state index < -0.39 is 0 Å². The van der Waals surface area contributed by atoms with E-state index in [9.17, 15) is 0 Å². The molecule has 0 spiro atoms. The van der Waals surface area contributed by atoms with Crippen molar-refractivity contribution in [2.45, 2.75) is 6.04 Å². The first-order valence-electron chi connectivity index (χ1n) is 7.15. The summed E-state index contributed by atoms with van der Waals surface area (Å²) in [5.41, 5.74) is 2.57. The standard InChI is InChI=1S/C17H19BrN2O/c1-21-17-8-7-14(11-15(17)18)20-10-9-19-16(12-20)13-5-3-2-4-6-13/h2-8,11,16,19H,9-10,12H2,1H3. The molecule has 0 saturated carbocycles. The van der Waals surface area contributed by atoms with Gasteiger partial charge in [0, 0.05) is 31.4 Å².